The second-order valence-corrected chi connectivity index (χ2v) is 15.2. The topological polar surface area (TPSA) is 141 Å². The number of hydrogen-bond acceptors (Lipinski definition) is 8. The molecule has 0 spiro atoms. The molecule has 4 aromatic rings. The largest absolute Gasteiger partial charge is 0.447 e. The quantitative estimate of drug-likeness (QED) is 0.112. The predicted octanol–water partition coefficient (Wildman–Crippen LogP) is 7.82. The van der Waals surface area contributed by atoms with Gasteiger partial charge in [0.15, 0.2) is 5.96 Å². The Kier molecular flexibility index (Phi) is 10.5. The summed E-state index contributed by atoms with van der Waals surface area (Å²) in [5.74, 6) is -0.143. The summed E-state index contributed by atoms with van der Waals surface area (Å²) in [6.07, 6.45) is 6.57. The van der Waals surface area contributed by atoms with E-state index in [9.17, 15) is 18.4 Å². The molecule has 2 saturated carbocycles. The van der Waals surface area contributed by atoms with Crippen molar-refractivity contribution in [2.75, 3.05) is 13.2 Å². The summed E-state index contributed by atoms with van der Waals surface area (Å²) in [5.41, 5.74) is 9.15. The Labute approximate surface area is 297 Å². The maximum absolute atomic E-state index is 14.5. The fourth-order valence-corrected chi connectivity index (χ4v) is 6.49. The van der Waals surface area contributed by atoms with Crippen molar-refractivity contribution in [1.82, 2.24) is 30.2 Å². The molecular formula is C35H39ClF2N8O3S. The average Bonchev–Trinajstić information content (AvgIpc) is 3.99. The smallest absolute Gasteiger partial charge is 0.407 e. The minimum absolute atomic E-state index is 0.0396. The Morgan fingerprint density at radius 2 is 1.86 bits per heavy atom. The number of ether oxygens (including phenoxy) is 1. The highest BCUT2D eigenvalue weighted by molar-refractivity contribution is 7.14. The molecule has 15 heteroatoms. The van der Waals surface area contributed by atoms with Crippen LogP contribution in [0.3, 0.4) is 0 Å². The Bertz CT molecular complexity index is 1870. The van der Waals surface area contributed by atoms with Crippen molar-refractivity contribution in [1.29, 1.82) is 0 Å². The van der Waals surface area contributed by atoms with Crippen LogP contribution in [-0.4, -0.2) is 62.0 Å². The Morgan fingerprint density at radius 1 is 1.12 bits per heavy atom. The number of nitrogens with zero attached hydrogens (tertiary/aromatic N) is 6. The van der Waals surface area contributed by atoms with E-state index in [1.165, 1.54) is 28.6 Å². The van der Waals surface area contributed by atoms with Crippen LogP contribution in [0.2, 0.25) is 5.02 Å². The lowest BCUT2D eigenvalue weighted by Crippen LogP contribution is -2.46. The summed E-state index contributed by atoms with van der Waals surface area (Å²) in [6, 6.07) is 10.9. The van der Waals surface area contributed by atoms with Crippen LogP contribution in [-0.2, 0) is 4.74 Å². The van der Waals surface area contributed by atoms with E-state index in [4.69, 9.17) is 22.1 Å². The van der Waals surface area contributed by atoms with Gasteiger partial charge in [-0.25, -0.2) is 9.48 Å². The number of aromatic nitrogens is 4. The molecule has 0 saturated heterocycles. The highest BCUT2D eigenvalue weighted by Crippen LogP contribution is 2.44. The number of aliphatic imine (C=N–C) groups is 1. The van der Waals surface area contributed by atoms with Gasteiger partial charge in [-0.3, -0.25) is 14.7 Å². The van der Waals surface area contributed by atoms with Gasteiger partial charge in [0.25, 0.3) is 5.91 Å². The number of benzene rings is 2. The molecule has 2 fully saturated rings. The van der Waals surface area contributed by atoms with E-state index in [1.54, 1.807) is 36.4 Å². The Hall–Kier alpha value is -4.43. The second kappa shape index (κ2) is 14.8. The first-order valence-corrected chi connectivity index (χ1v) is 17.7. The zero-order chi connectivity index (χ0) is 35.6. The number of guanidine groups is 1. The second-order valence-electron chi connectivity index (χ2n) is 13.8. The minimum atomic E-state index is -2.77. The fraction of sp³-hybridized carbons (Fsp3) is 0.429. The van der Waals surface area contributed by atoms with Crippen LogP contribution in [0.15, 0.2) is 59.9 Å². The number of alkyl halides is 2. The first-order valence-electron chi connectivity index (χ1n) is 16.5. The normalized spacial score (nSPS) is 15.6. The van der Waals surface area contributed by atoms with Crippen molar-refractivity contribution in [2.24, 2.45) is 16.1 Å². The zero-order valence-electron chi connectivity index (χ0n) is 28.0. The lowest BCUT2D eigenvalue weighted by Gasteiger charge is -2.31. The van der Waals surface area contributed by atoms with E-state index in [-0.39, 0.29) is 29.6 Å². The lowest BCUT2D eigenvalue weighted by molar-refractivity contribution is 0.0566. The summed E-state index contributed by atoms with van der Waals surface area (Å²) in [7, 11) is 0. The van der Waals surface area contributed by atoms with E-state index in [0.29, 0.717) is 55.8 Å². The maximum atomic E-state index is 14.5. The zero-order valence-corrected chi connectivity index (χ0v) is 29.6. The van der Waals surface area contributed by atoms with Gasteiger partial charge in [0.2, 0.25) is 0 Å². The van der Waals surface area contributed by atoms with E-state index >= 15 is 0 Å². The molecule has 0 aliphatic heterocycles. The monoisotopic (exact) mass is 724 g/mol. The lowest BCUT2D eigenvalue weighted by atomic mass is 9.92. The average molecular weight is 725 g/mol. The third-order valence-electron chi connectivity index (χ3n) is 8.42. The highest BCUT2D eigenvalue weighted by atomic mass is 35.5. The van der Waals surface area contributed by atoms with Gasteiger partial charge in [-0.15, -0.1) is 10.2 Å². The molecule has 0 bridgehead atoms. The van der Waals surface area contributed by atoms with Crippen LogP contribution < -0.4 is 11.1 Å². The maximum Gasteiger partial charge on any atom is 0.407 e. The van der Waals surface area contributed by atoms with Gasteiger partial charge >= 0.3 is 12.6 Å². The van der Waals surface area contributed by atoms with Crippen molar-refractivity contribution in [3.8, 4) is 21.7 Å². The van der Waals surface area contributed by atoms with Gasteiger partial charge in [-0.1, -0.05) is 61.9 Å². The van der Waals surface area contributed by atoms with Crippen molar-refractivity contribution in [2.45, 2.75) is 77.4 Å². The minimum Gasteiger partial charge on any atom is -0.447 e. The highest BCUT2D eigenvalue weighted by Gasteiger charge is 2.33. The molecule has 2 aliphatic rings. The number of nitrogens with two attached hydrogens (primary N) is 1. The molecule has 2 aromatic heterocycles. The molecule has 2 heterocycles. The van der Waals surface area contributed by atoms with E-state index in [1.807, 2.05) is 6.07 Å². The van der Waals surface area contributed by atoms with Crippen LogP contribution in [0.25, 0.3) is 21.7 Å². The molecule has 0 unspecified atom stereocenters. The van der Waals surface area contributed by atoms with Gasteiger partial charge in [0.1, 0.15) is 16.6 Å². The molecule has 11 nitrogen and oxygen atoms in total. The van der Waals surface area contributed by atoms with E-state index in [0.717, 1.165) is 30.7 Å². The van der Waals surface area contributed by atoms with Crippen LogP contribution in [0.4, 0.5) is 13.6 Å². The molecule has 1 atom stereocenters. The number of alkyl carbamates (subject to hydrolysis) is 1. The SMILES string of the molecule is CC(C)(C)CCN=C(N)N(C(=O)c1ccc(-c2cnn(C(F)F)c2)cc1)[C@H](COC(=O)NC1CC1)c1ccc(Cl)c(-c2nnc(C3CC3)s2)c1. The first kappa shape index (κ1) is 35.4. The van der Waals surface area contributed by atoms with Crippen LogP contribution in [0, 0.1) is 5.41 Å². The molecule has 3 N–H and O–H groups in total. The molecule has 0 radical (unpaired) electrons. The summed E-state index contributed by atoms with van der Waals surface area (Å²) in [4.78, 5) is 33.2. The standard InChI is InChI=1S/C35H39ClF2N8O3S/c1-35(2,3)14-15-40-33(39)46(31(47)22-8-4-20(5-9-22)24-17-41-45(18-24)32(37)38)28(19-49-34(48)42-25-11-12-25)23-10-13-27(36)26(16-23)30-44-43-29(50-30)21-6-7-21/h4-5,8-10,13,16-18,21,25,28,32H,6-7,11-12,14-15,19H2,1-3H3,(H2,39,40)(H,42,48)/t28-/m1/s1. The van der Waals surface area contributed by atoms with Gasteiger partial charge in [-0.2, -0.15) is 13.9 Å². The molecule has 2 amide bonds. The Balaban J connectivity index is 1.37. The number of nitrogens with one attached hydrogen (secondary N) is 1. The number of carbonyl (C=O) groups excluding carboxylic acids is 2. The summed E-state index contributed by atoms with van der Waals surface area (Å²) in [5, 5.41) is 17.3. The first-order chi connectivity index (χ1) is 23.9. The van der Waals surface area contributed by atoms with Crippen molar-refractivity contribution in [3.05, 3.63) is 76.0 Å². The van der Waals surface area contributed by atoms with Crippen LogP contribution in [0.1, 0.15) is 92.3 Å². The van der Waals surface area contributed by atoms with Gasteiger partial charge < -0.3 is 15.8 Å². The molecule has 50 heavy (non-hydrogen) atoms. The predicted molar refractivity (Wildman–Crippen MR) is 188 cm³/mol. The number of halogens is 3. The van der Waals surface area contributed by atoms with Crippen molar-refractivity contribution >= 4 is 40.9 Å². The molecule has 264 valence electrons. The summed E-state index contributed by atoms with van der Waals surface area (Å²) in [6.45, 7) is 3.59. The molecule has 6 rings (SSSR count). The number of rotatable bonds is 12. The van der Waals surface area contributed by atoms with Gasteiger partial charge in [0, 0.05) is 41.4 Å². The fourth-order valence-electron chi connectivity index (χ4n) is 5.19. The van der Waals surface area contributed by atoms with Crippen molar-refractivity contribution in [3.63, 3.8) is 0 Å². The number of carbonyl (C=O) groups is 2. The van der Waals surface area contributed by atoms with E-state index < -0.39 is 24.6 Å². The summed E-state index contributed by atoms with van der Waals surface area (Å²) < 4.78 is 32.6. The van der Waals surface area contributed by atoms with Gasteiger partial charge in [-0.05, 0) is 72.9 Å². The third-order valence-corrected chi connectivity index (χ3v) is 9.87. The Morgan fingerprint density at radius 3 is 2.50 bits per heavy atom. The van der Waals surface area contributed by atoms with Crippen molar-refractivity contribution < 1.29 is 23.1 Å². The number of hydrogen-bond donors (Lipinski definition) is 2. The molecule has 2 aliphatic carbocycles. The third kappa shape index (κ3) is 8.83. The summed E-state index contributed by atoms with van der Waals surface area (Å²) >= 11 is 8.17. The van der Waals surface area contributed by atoms with Crippen LogP contribution in [0.5, 0.6) is 0 Å². The van der Waals surface area contributed by atoms with Gasteiger partial charge in [0.05, 0.1) is 17.3 Å². The van der Waals surface area contributed by atoms with E-state index in [2.05, 4.69) is 46.4 Å². The van der Waals surface area contributed by atoms with Crippen LogP contribution >= 0.6 is 22.9 Å². The molecular weight excluding hydrogens is 686 g/mol. The molecule has 2 aromatic carbocycles. The number of amides is 2.